The summed E-state index contributed by atoms with van der Waals surface area (Å²) >= 11 is 0. The lowest BCUT2D eigenvalue weighted by Crippen LogP contribution is -2.16. The fourth-order valence-electron chi connectivity index (χ4n) is 2.22. The molecule has 7 heteroatoms. The van der Waals surface area contributed by atoms with Crippen molar-refractivity contribution in [3.8, 4) is 0 Å². The molecule has 0 aliphatic heterocycles. The van der Waals surface area contributed by atoms with Gasteiger partial charge >= 0.3 is 12.1 Å². The molecule has 1 heterocycles. The number of rotatable bonds is 4. The van der Waals surface area contributed by atoms with E-state index < -0.39 is 12.1 Å². The molecule has 0 aliphatic carbocycles. The summed E-state index contributed by atoms with van der Waals surface area (Å²) in [6.07, 6.45) is -0.806. The molecule has 0 aliphatic rings. The predicted molar refractivity (Wildman–Crippen MR) is 90.5 cm³/mol. The summed E-state index contributed by atoms with van der Waals surface area (Å²) in [6, 6.07) is 15.3. The average Bonchev–Trinajstić information content (AvgIpc) is 3.04. The Kier molecular flexibility index (Phi) is 4.47. The molecule has 1 amide bonds. The maximum atomic E-state index is 11.8. The van der Waals surface area contributed by atoms with Gasteiger partial charge in [0, 0.05) is 10.9 Å². The quantitative estimate of drug-likeness (QED) is 0.557. The van der Waals surface area contributed by atoms with Gasteiger partial charge in [-0.1, -0.05) is 30.3 Å². The molecule has 2 aromatic carbocycles. The van der Waals surface area contributed by atoms with Crippen LogP contribution in [0, 0.1) is 0 Å². The Bertz CT molecular complexity index is 960. The third-order valence-corrected chi connectivity index (χ3v) is 3.44. The van der Waals surface area contributed by atoms with Crippen molar-refractivity contribution >= 4 is 28.9 Å². The van der Waals surface area contributed by atoms with Crippen molar-refractivity contribution < 1.29 is 23.8 Å². The second-order valence-corrected chi connectivity index (χ2v) is 5.21. The molecule has 3 N–H and O–H groups in total. The van der Waals surface area contributed by atoms with E-state index >= 15 is 0 Å². The summed E-state index contributed by atoms with van der Waals surface area (Å²) in [5.41, 5.74) is 7.53. The van der Waals surface area contributed by atoms with Gasteiger partial charge < -0.3 is 20.0 Å². The van der Waals surface area contributed by atoms with Crippen molar-refractivity contribution in [3.63, 3.8) is 0 Å². The van der Waals surface area contributed by atoms with Gasteiger partial charge in [0.25, 0.3) is 0 Å². The SMILES string of the molecule is N/C(=N/C(=O)OCc1ccccc1)c1ccc2oc(C(=O)O)cc2c1. The lowest BCUT2D eigenvalue weighted by molar-refractivity contribution is 0.0665. The van der Waals surface area contributed by atoms with Crippen LogP contribution in [-0.4, -0.2) is 23.0 Å². The number of nitrogens with zero attached hydrogens (tertiary/aromatic N) is 1. The van der Waals surface area contributed by atoms with Crippen LogP contribution in [0.4, 0.5) is 4.79 Å². The summed E-state index contributed by atoms with van der Waals surface area (Å²) in [5.74, 6) is -1.37. The summed E-state index contributed by atoms with van der Waals surface area (Å²) in [6.45, 7) is 0.0964. The molecule has 0 fully saturated rings. The maximum Gasteiger partial charge on any atom is 0.435 e. The van der Waals surface area contributed by atoms with Crippen LogP contribution in [0.5, 0.6) is 0 Å². The van der Waals surface area contributed by atoms with Crippen LogP contribution in [0.25, 0.3) is 11.0 Å². The topological polar surface area (TPSA) is 115 Å². The third-order valence-electron chi connectivity index (χ3n) is 3.44. The van der Waals surface area contributed by atoms with Gasteiger partial charge in [0.1, 0.15) is 18.0 Å². The zero-order valence-electron chi connectivity index (χ0n) is 13.0. The maximum absolute atomic E-state index is 11.8. The number of fused-ring (bicyclic) bond motifs is 1. The molecule has 7 nitrogen and oxygen atoms in total. The van der Waals surface area contributed by atoms with E-state index in [0.29, 0.717) is 16.5 Å². The van der Waals surface area contributed by atoms with Crippen LogP contribution >= 0.6 is 0 Å². The number of ether oxygens (including phenoxy) is 1. The number of amides is 1. The first-order valence-electron chi connectivity index (χ1n) is 7.35. The first-order chi connectivity index (χ1) is 12.0. The zero-order valence-corrected chi connectivity index (χ0v) is 13.0. The molecule has 0 atom stereocenters. The van der Waals surface area contributed by atoms with Gasteiger partial charge in [0.15, 0.2) is 0 Å². The molecule has 0 bridgehead atoms. The summed E-state index contributed by atoms with van der Waals surface area (Å²) in [4.78, 5) is 26.4. The van der Waals surface area contributed by atoms with Crippen LogP contribution in [-0.2, 0) is 11.3 Å². The Balaban J connectivity index is 1.73. The predicted octanol–water partition coefficient (Wildman–Crippen LogP) is 3.17. The van der Waals surface area contributed by atoms with Gasteiger partial charge in [-0.15, -0.1) is 0 Å². The van der Waals surface area contributed by atoms with E-state index in [1.165, 1.54) is 6.07 Å². The standard InChI is InChI=1S/C18H14N2O5/c19-16(20-18(23)24-10-11-4-2-1-3-5-11)12-6-7-14-13(8-12)9-15(25-14)17(21)22/h1-9H,10H2,(H,21,22)(H2,19,20,23). The van der Waals surface area contributed by atoms with Gasteiger partial charge in [-0.3, -0.25) is 0 Å². The number of aromatic carboxylic acids is 1. The van der Waals surface area contributed by atoms with Crippen molar-refractivity contribution in [2.24, 2.45) is 10.7 Å². The summed E-state index contributed by atoms with van der Waals surface area (Å²) in [7, 11) is 0. The number of furan rings is 1. The molecular formula is C18H14N2O5. The van der Waals surface area contributed by atoms with Gasteiger partial charge in [0.2, 0.25) is 5.76 Å². The fraction of sp³-hybridized carbons (Fsp3) is 0.0556. The number of hydrogen-bond acceptors (Lipinski definition) is 4. The minimum Gasteiger partial charge on any atom is -0.475 e. The highest BCUT2D eigenvalue weighted by Crippen LogP contribution is 2.21. The smallest absolute Gasteiger partial charge is 0.435 e. The van der Waals surface area contributed by atoms with Crippen molar-refractivity contribution in [1.82, 2.24) is 0 Å². The Morgan fingerprint density at radius 2 is 1.88 bits per heavy atom. The number of amidine groups is 1. The van der Waals surface area contributed by atoms with Gasteiger partial charge in [-0.25, -0.2) is 9.59 Å². The number of nitrogens with two attached hydrogens (primary N) is 1. The minimum atomic E-state index is -1.16. The van der Waals surface area contributed by atoms with E-state index in [0.717, 1.165) is 5.56 Å². The van der Waals surface area contributed by atoms with E-state index in [4.69, 9.17) is 20.0 Å². The third kappa shape index (κ3) is 3.84. The van der Waals surface area contributed by atoms with Crippen LogP contribution in [0.3, 0.4) is 0 Å². The first-order valence-corrected chi connectivity index (χ1v) is 7.35. The minimum absolute atomic E-state index is 0.0296. The number of carbonyl (C=O) groups excluding carboxylic acids is 1. The largest absolute Gasteiger partial charge is 0.475 e. The van der Waals surface area contributed by atoms with E-state index in [-0.39, 0.29) is 18.2 Å². The highest BCUT2D eigenvalue weighted by atomic mass is 16.5. The monoisotopic (exact) mass is 338 g/mol. The van der Waals surface area contributed by atoms with Crippen LogP contribution in [0.15, 0.2) is 64.0 Å². The van der Waals surface area contributed by atoms with Crippen molar-refractivity contribution in [3.05, 3.63) is 71.5 Å². The molecule has 126 valence electrons. The molecule has 3 aromatic rings. The molecule has 3 rings (SSSR count). The van der Waals surface area contributed by atoms with Crippen LogP contribution in [0.2, 0.25) is 0 Å². The van der Waals surface area contributed by atoms with Gasteiger partial charge in [-0.05, 0) is 29.8 Å². The summed E-state index contributed by atoms with van der Waals surface area (Å²) < 4.78 is 10.2. The van der Waals surface area contributed by atoms with E-state index in [9.17, 15) is 9.59 Å². The Morgan fingerprint density at radius 1 is 1.12 bits per heavy atom. The lowest BCUT2D eigenvalue weighted by Gasteiger charge is -2.03. The summed E-state index contributed by atoms with van der Waals surface area (Å²) in [5, 5.41) is 9.48. The molecule has 0 unspecified atom stereocenters. The Morgan fingerprint density at radius 3 is 2.60 bits per heavy atom. The molecule has 0 saturated carbocycles. The highest BCUT2D eigenvalue weighted by molar-refractivity contribution is 6.05. The fourth-order valence-corrected chi connectivity index (χ4v) is 2.22. The number of hydrogen-bond donors (Lipinski definition) is 2. The van der Waals surface area contributed by atoms with Crippen molar-refractivity contribution in [1.29, 1.82) is 0 Å². The number of carboxylic acids is 1. The molecule has 0 spiro atoms. The molecular weight excluding hydrogens is 324 g/mol. The lowest BCUT2D eigenvalue weighted by atomic mass is 10.1. The van der Waals surface area contributed by atoms with Crippen molar-refractivity contribution in [2.45, 2.75) is 6.61 Å². The number of carbonyl (C=O) groups is 2. The molecule has 1 aromatic heterocycles. The normalized spacial score (nSPS) is 11.4. The second kappa shape index (κ2) is 6.88. The van der Waals surface area contributed by atoms with E-state index in [2.05, 4.69) is 4.99 Å². The van der Waals surface area contributed by atoms with Crippen LogP contribution in [0.1, 0.15) is 21.7 Å². The number of aliphatic imine (C=N–C) groups is 1. The van der Waals surface area contributed by atoms with Gasteiger partial charge in [-0.2, -0.15) is 4.99 Å². The number of carboxylic acid groups (broad SMARTS) is 1. The Labute approximate surface area is 142 Å². The second-order valence-electron chi connectivity index (χ2n) is 5.21. The van der Waals surface area contributed by atoms with Crippen LogP contribution < -0.4 is 5.73 Å². The molecule has 0 radical (unpaired) electrons. The first kappa shape index (κ1) is 16.3. The van der Waals surface area contributed by atoms with Crippen molar-refractivity contribution in [2.75, 3.05) is 0 Å². The average molecular weight is 338 g/mol. The van der Waals surface area contributed by atoms with E-state index in [1.807, 2.05) is 30.3 Å². The van der Waals surface area contributed by atoms with Gasteiger partial charge in [0.05, 0.1) is 0 Å². The molecule has 0 saturated heterocycles. The highest BCUT2D eigenvalue weighted by Gasteiger charge is 2.12. The van der Waals surface area contributed by atoms with E-state index in [1.54, 1.807) is 18.2 Å². The Hall–Kier alpha value is -3.61. The number of benzene rings is 2. The zero-order chi connectivity index (χ0) is 17.8. The molecule has 25 heavy (non-hydrogen) atoms.